The first-order valence-electron chi connectivity index (χ1n) is 12.4. The summed E-state index contributed by atoms with van der Waals surface area (Å²) in [5.74, 6) is 0.585. The van der Waals surface area contributed by atoms with Gasteiger partial charge in [-0.15, -0.1) is 0 Å². The summed E-state index contributed by atoms with van der Waals surface area (Å²) < 4.78 is 12.4. The van der Waals surface area contributed by atoms with E-state index < -0.39 is 0 Å². The lowest BCUT2D eigenvalue weighted by atomic mass is 10.2. The normalized spacial score (nSPS) is 11.1. The molecule has 0 radical (unpaired) electrons. The van der Waals surface area contributed by atoms with E-state index in [1.54, 1.807) is 30.3 Å². The van der Waals surface area contributed by atoms with Gasteiger partial charge in [0.15, 0.2) is 23.9 Å². The van der Waals surface area contributed by atoms with Crippen LogP contribution in [0.4, 0.5) is 5.69 Å². The number of benzene rings is 4. The highest BCUT2D eigenvalue weighted by molar-refractivity contribution is 6.32. The molecule has 0 bridgehead atoms. The van der Waals surface area contributed by atoms with E-state index >= 15 is 0 Å². The molecule has 1 aromatic heterocycles. The highest BCUT2D eigenvalue weighted by atomic mass is 35.5. The van der Waals surface area contributed by atoms with Gasteiger partial charge in [0.2, 0.25) is 0 Å². The Labute approximate surface area is 235 Å². The van der Waals surface area contributed by atoms with Crippen LogP contribution in [0.25, 0.3) is 22.3 Å². The average Bonchev–Trinajstić information content (AvgIpc) is 2.97. The van der Waals surface area contributed by atoms with Crippen molar-refractivity contribution in [1.82, 2.24) is 9.66 Å². The van der Waals surface area contributed by atoms with Gasteiger partial charge in [-0.1, -0.05) is 71.8 Å². The third-order valence-corrected chi connectivity index (χ3v) is 6.32. The van der Waals surface area contributed by atoms with E-state index in [-0.39, 0.29) is 28.8 Å². The van der Waals surface area contributed by atoms with E-state index in [1.807, 2.05) is 67.6 Å². The molecule has 5 aromatic rings. The molecule has 0 aliphatic rings. The molecule has 0 atom stereocenters. The Balaban J connectivity index is 1.42. The molecule has 0 saturated carbocycles. The Hall–Kier alpha value is -4.95. The quantitative estimate of drug-likeness (QED) is 0.241. The molecule has 0 saturated heterocycles. The van der Waals surface area contributed by atoms with Crippen LogP contribution in [-0.2, 0) is 4.79 Å². The smallest absolute Gasteiger partial charge is 0.282 e. The van der Waals surface area contributed by atoms with Gasteiger partial charge < -0.3 is 14.8 Å². The van der Waals surface area contributed by atoms with Crippen LogP contribution in [-0.4, -0.2) is 35.5 Å². The summed E-state index contributed by atoms with van der Waals surface area (Å²) in [7, 11) is 1.47. The molecular formula is C31H25ClN4O4. The number of aryl methyl sites for hydroxylation is 1. The molecular weight excluding hydrogens is 528 g/mol. The number of amides is 1. The largest absolute Gasteiger partial charge is 0.493 e. The first-order chi connectivity index (χ1) is 19.4. The maximum Gasteiger partial charge on any atom is 0.282 e. The van der Waals surface area contributed by atoms with Crippen molar-refractivity contribution in [2.75, 3.05) is 19.0 Å². The van der Waals surface area contributed by atoms with Gasteiger partial charge in [0, 0.05) is 11.3 Å². The summed E-state index contributed by atoms with van der Waals surface area (Å²) in [6.45, 7) is 1.70. The summed E-state index contributed by atoms with van der Waals surface area (Å²) in [6.07, 6.45) is 1.49. The number of nitrogens with zero attached hydrogens (tertiary/aromatic N) is 3. The van der Waals surface area contributed by atoms with Crippen molar-refractivity contribution in [2.45, 2.75) is 6.92 Å². The predicted molar refractivity (Wildman–Crippen MR) is 158 cm³/mol. The second kappa shape index (κ2) is 11.8. The first kappa shape index (κ1) is 26.6. The molecule has 1 amide bonds. The van der Waals surface area contributed by atoms with Crippen LogP contribution in [0.15, 0.2) is 101 Å². The number of para-hydroxylation sites is 1. The van der Waals surface area contributed by atoms with Crippen molar-refractivity contribution in [3.8, 4) is 22.9 Å². The van der Waals surface area contributed by atoms with Gasteiger partial charge in [-0.3, -0.25) is 9.59 Å². The number of carbonyl (C=O) groups excluding carboxylic acids is 1. The lowest BCUT2D eigenvalue weighted by Crippen LogP contribution is -2.20. The van der Waals surface area contributed by atoms with Crippen molar-refractivity contribution in [3.63, 3.8) is 0 Å². The summed E-state index contributed by atoms with van der Waals surface area (Å²) in [5.41, 5.74) is 3.32. The molecule has 8 nitrogen and oxygen atoms in total. The fourth-order valence-electron chi connectivity index (χ4n) is 4.06. The zero-order chi connectivity index (χ0) is 28.1. The van der Waals surface area contributed by atoms with Gasteiger partial charge in [-0.2, -0.15) is 9.78 Å². The van der Waals surface area contributed by atoms with Crippen molar-refractivity contribution in [2.24, 2.45) is 5.10 Å². The summed E-state index contributed by atoms with van der Waals surface area (Å²) in [6, 6.07) is 27.2. The minimum atomic E-state index is -0.343. The molecule has 0 aliphatic heterocycles. The Morgan fingerprint density at radius 2 is 1.75 bits per heavy atom. The molecule has 0 aliphatic carbocycles. The molecule has 200 valence electrons. The third kappa shape index (κ3) is 5.87. The van der Waals surface area contributed by atoms with Gasteiger partial charge >= 0.3 is 0 Å². The SMILES string of the molecule is COc1cc(C=Nn2c(-c3ccccc3)nc3ccccc3c2=O)cc(Cl)c1OCC(=O)Nc1ccc(C)cc1. The highest BCUT2D eigenvalue weighted by Crippen LogP contribution is 2.36. The number of nitrogens with one attached hydrogen (secondary N) is 1. The summed E-state index contributed by atoms with van der Waals surface area (Å²) in [5, 5.41) is 7.91. The summed E-state index contributed by atoms with van der Waals surface area (Å²) in [4.78, 5) is 30.5. The van der Waals surface area contributed by atoms with Crippen LogP contribution < -0.4 is 20.3 Å². The Bertz CT molecular complexity index is 1770. The number of ether oxygens (including phenoxy) is 2. The van der Waals surface area contributed by atoms with E-state index in [2.05, 4.69) is 10.4 Å². The monoisotopic (exact) mass is 552 g/mol. The van der Waals surface area contributed by atoms with Crippen LogP contribution in [0, 0.1) is 6.92 Å². The van der Waals surface area contributed by atoms with Crippen LogP contribution in [0.1, 0.15) is 11.1 Å². The van der Waals surface area contributed by atoms with E-state index in [9.17, 15) is 9.59 Å². The standard InChI is InChI=1S/C31H25ClN4O4/c1-20-12-14-23(15-13-20)34-28(37)19-40-29-25(32)16-21(17-27(29)39-2)18-33-36-30(22-8-4-3-5-9-22)35-26-11-7-6-10-24(26)31(36)38/h3-18H,19H2,1-2H3,(H,34,37). The highest BCUT2D eigenvalue weighted by Gasteiger charge is 2.15. The fraction of sp³-hybridized carbons (Fsp3) is 0.0968. The van der Waals surface area contributed by atoms with E-state index in [4.69, 9.17) is 26.1 Å². The molecule has 0 fully saturated rings. The van der Waals surface area contributed by atoms with Gasteiger partial charge in [0.05, 0.1) is 29.2 Å². The van der Waals surface area contributed by atoms with Crippen molar-refractivity contribution >= 4 is 40.3 Å². The zero-order valence-corrected chi connectivity index (χ0v) is 22.6. The Morgan fingerprint density at radius 1 is 1.02 bits per heavy atom. The number of hydrogen-bond acceptors (Lipinski definition) is 6. The number of hydrogen-bond donors (Lipinski definition) is 1. The van der Waals surface area contributed by atoms with Gasteiger partial charge in [0.25, 0.3) is 11.5 Å². The van der Waals surface area contributed by atoms with Crippen LogP contribution in [0.2, 0.25) is 5.02 Å². The minimum Gasteiger partial charge on any atom is -0.493 e. The van der Waals surface area contributed by atoms with Crippen LogP contribution in [0.5, 0.6) is 11.5 Å². The number of methoxy groups -OCH3 is 1. The Morgan fingerprint density at radius 3 is 2.50 bits per heavy atom. The molecule has 5 rings (SSSR count). The van der Waals surface area contributed by atoms with E-state index in [0.29, 0.717) is 33.7 Å². The maximum absolute atomic E-state index is 13.4. The number of aromatic nitrogens is 2. The third-order valence-electron chi connectivity index (χ3n) is 6.04. The molecule has 0 spiro atoms. The second-order valence-corrected chi connectivity index (χ2v) is 9.32. The number of fused-ring (bicyclic) bond motifs is 1. The molecule has 1 N–H and O–H groups in total. The number of rotatable bonds is 8. The van der Waals surface area contributed by atoms with Crippen molar-refractivity contribution in [1.29, 1.82) is 0 Å². The molecule has 4 aromatic carbocycles. The Kier molecular flexibility index (Phi) is 7.89. The minimum absolute atomic E-state index is 0.217. The lowest BCUT2D eigenvalue weighted by Gasteiger charge is -2.13. The number of carbonyl (C=O) groups is 1. The number of anilines is 1. The molecule has 40 heavy (non-hydrogen) atoms. The zero-order valence-electron chi connectivity index (χ0n) is 21.8. The lowest BCUT2D eigenvalue weighted by molar-refractivity contribution is -0.118. The molecule has 1 heterocycles. The average molecular weight is 553 g/mol. The van der Waals surface area contributed by atoms with Crippen molar-refractivity contribution < 1.29 is 14.3 Å². The number of halogens is 1. The van der Waals surface area contributed by atoms with Crippen LogP contribution >= 0.6 is 11.6 Å². The second-order valence-electron chi connectivity index (χ2n) is 8.92. The van der Waals surface area contributed by atoms with Gasteiger partial charge in [0.1, 0.15) is 0 Å². The topological polar surface area (TPSA) is 94.8 Å². The predicted octanol–water partition coefficient (Wildman–Crippen LogP) is 5.93. The first-order valence-corrected chi connectivity index (χ1v) is 12.8. The van der Waals surface area contributed by atoms with Crippen LogP contribution in [0.3, 0.4) is 0 Å². The molecule has 0 unspecified atom stereocenters. The van der Waals surface area contributed by atoms with E-state index in [1.165, 1.54) is 18.0 Å². The van der Waals surface area contributed by atoms with Crippen molar-refractivity contribution in [3.05, 3.63) is 117 Å². The molecule has 9 heteroatoms. The van der Waals surface area contributed by atoms with Gasteiger partial charge in [-0.05, 0) is 48.9 Å². The van der Waals surface area contributed by atoms with E-state index in [0.717, 1.165) is 11.1 Å². The summed E-state index contributed by atoms with van der Waals surface area (Å²) >= 11 is 6.51. The van der Waals surface area contributed by atoms with Gasteiger partial charge in [-0.25, -0.2) is 4.98 Å². The fourth-order valence-corrected chi connectivity index (χ4v) is 4.33. The maximum atomic E-state index is 13.4.